The van der Waals surface area contributed by atoms with Crippen LogP contribution in [0.25, 0.3) is 0 Å². The Balaban J connectivity index is 2.09. The summed E-state index contributed by atoms with van der Waals surface area (Å²) in [6.45, 7) is 1.38. The molecule has 2 N–H and O–H groups in total. The number of rotatable bonds is 4. The number of hydrogen-bond acceptors (Lipinski definition) is 2. The second-order valence-electron chi connectivity index (χ2n) is 4.85. The Morgan fingerprint density at radius 1 is 1.32 bits per heavy atom. The van der Waals surface area contributed by atoms with Gasteiger partial charge in [0.15, 0.2) is 0 Å². The smallest absolute Gasteiger partial charge is 0.311 e. The highest BCUT2D eigenvalue weighted by Gasteiger charge is 2.50. The number of carboxylic acid groups (broad SMARTS) is 1. The third-order valence-electron chi connectivity index (χ3n) is 3.39. The van der Waals surface area contributed by atoms with E-state index in [4.69, 9.17) is 5.11 Å². The maximum Gasteiger partial charge on any atom is 0.311 e. The van der Waals surface area contributed by atoms with Crippen LogP contribution < -0.4 is 5.32 Å². The van der Waals surface area contributed by atoms with E-state index in [2.05, 4.69) is 5.32 Å². The molecule has 1 fully saturated rings. The summed E-state index contributed by atoms with van der Waals surface area (Å²) in [6.07, 6.45) is 0.987. The van der Waals surface area contributed by atoms with E-state index in [1.165, 1.54) is 6.92 Å². The Morgan fingerprint density at radius 3 is 2.47 bits per heavy atom. The SMILES string of the molecule is Cc1cc(C(=O)NCC2(C(=O)O)CC2)c(F)cc1F. The number of carbonyl (C=O) groups excluding carboxylic acids is 1. The van der Waals surface area contributed by atoms with Crippen LogP contribution in [0.2, 0.25) is 0 Å². The van der Waals surface area contributed by atoms with E-state index in [0.717, 1.165) is 6.07 Å². The molecule has 1 aliphatic carbocycles. The standard InChI is InChI=1S/C13H13F2NO3/c1-7-4-8(10(15)5-9(7)14)11(17)16-6-13(2-3-13)12(18)19/h4-5H,2-3,6H2,1H3,(H,16,17)(H,18,19). The van der Waals surface area contributed by atoms with E-state index in [9.17, 15) is 18.4 Å². The maximum atomic E-state index is 13.5. The Kier molecular flexibility index (Phi) is 3.26. The summed E-state index contributed by atoms with van der Waals surface area (Å²) in [4.78, 5) is 22.7. The highest BCUT2D eigenvalue weighted by Crippen LogP contribution is 2.45. The van der Waals surface area contributed by atoms with Gasteiger partial charge in [0, 0.05) is 12.6 Å². The lowest BCUT2D eigenvalue weighted by molar-refractivity contribution is -0.143. The number of carboxylic acids is 1. The van der Waals surface area contributed by atoms with Gasteiger partial charge in [0.2, 0.25) is 0 Å². The van der Waals surface area contributed by atoms with Gasteiger partial charge in [0.25, 0.3) is 5.91 Å². The number of benzene rings is 1. The van der Waals surface area contributed by atoms with Crippen LogP contribution >= 0.6 is 0 Å². The first kappa shape index (κ1) is 13.5. The van der Waals surface area contributed by atoms with Gasteiger partial charge in [0.05, 0.1) is 11.0 Å². The molecular weight excluding hydrogens is 256 g/mol. The summed E-state index contributed by atoms with van der Waals surface area (Å²) >= 11 is 0. The van der Waals surface area contributed by atoms with E-state index < -0.39 is 28.9 Å². The second kappa shape index (κ2) is 4.60. The summed E-state index contributed by atoms with van der Waals surface area (Å²) in [5.41, 5.74) is -1.03. The molecule has 0 aromatic heterocycles. The summed E-state index contributed by atoms with van der Waals surface area (Å²) < 4.78 is 26.5. The Labute approximate surface area is 108 Å². The van der Waals surface area contributed by atoms with Crippen molar-refractivity contribution in [2.45, 2.75) is 19.8 Å². The Bertz CT molecular complexity index is 553. The molecule has 19 heavy (non-hydrogen) atoms. The van der Waals surface area contributed by atoms with Gasteiger partial charge >= 0.3 is 5.97 Å². The van der Waals surface area contributed by atoms with E-state index in [1.54, 1.807) is 0 Å². The van der Waals surface area contributed by atoms with Gasteiger partial charge < -0.3 is 10.4 Å². The molecule has 102 valence electrons. The zero-order valence-electron chi connectivity index (χ0n) is 10.3. The minimum atomic E-state index is -0.969. The van der Waals surface area contributed by atoms with Crippen LogP contribution in [0.5, 0.6) is 0 Å². The largest absolute Gasteiger partial charge is 0.481 e. The van der Waals surface area contributed by atoms with Crippen molar-refractivity contribution in [3.8, 4) is 0 Å². The van der Waals surface area contributed by atoms with Crippen molar-refractivity contribution in [2.24, 2.45) is 5.41 Å². The van der Waals surface area contributed by atoms with E-state index >= 15 is 0 Å². The molecule has 1 aliphatic rings. The van der Waals surface area contributed by atoms with Gasteiger partial charge in [-0.15, -0.1) is 0 Å². The lowest BCUT2D eigenvalue weighted by Crippen LogP contribution is -2.34. The predicted molar refractivity (Wildman–Crippen MR) is 62.7 cm³/mol. The van der Waals surface area contributed by atoms with E-state index in [1.807, 2.05) is 0 Å². The summed E-state index contributed by atoms with van der Waals surface area (Å²) in [5, 5.41) is 11.3. The van der Waals surface area contributed by atoms with Crippen LogP contribution in [0.4, 0.5) is 8.78 Å². The van der Waals surface area contributed by atoms with Gasteiger partial charge in [-0.05, 0) is 31.4 Å². The third-order valence-corrected chi connectivity index (χ3v) is 3.39. The minimum absolute atomic E-state index is 0.0446. The first-order valence-corrected chi connectivity index (χ1v) is 5.83. The van der Waals surface area contributed by atoms with Crippen molar-refractivity contribution in [2.75, 3.05) is 6.54 Å². The molecule has 4 nitrogen and oxygen atoms in total. The number of halogens is 2. The molecule has 2 rings (SSSR count). The fourth-order valence-electron chi connectivity index (χ4n) is 1.79. The number of aryl methyl sites for hydroxylation is 1. The lowest BCUT2D eigenvalue weighted by atomic mass is 10.1. The molecule has 0 radical (unpaired) electrons. The monoisotopic (exact) mass is 269 g/mol. The fourth-order valence-corrected chi connectivity index (χ4v) is 1.79. The summed E-state index contributed by atoms with van der Waals surface area (Å²) in [5.74, 6) is -3.38. The van der Waals surface area contributed by atoms with Crippen LogP contribution in [0.1, 0.15) is 28.8 Å². The van der Waals surface area contributed by atoms with Crippen molar-refractivity contribution in [1.82, 2.24) is 5.32 Å². The van der Waals surface area contributed by atoms with E-state index in [0.29, 0.717) is 18.9 Å². The zero-order valence-corrected chi connectivity index (χ0v) is 10.3. The molecular formula is C13H13F2NO3. The van der Waals surface area contributed by atoms with Gasteiger partial charge in [-0.2, -0.15) is 0 Å². The van der Waals surface area contributed by atoms with E-state index in [-0.39, 0.29) is 17.7 Å². The molecule has 1 aromatic carbocycles. The molecule has 1 saturated carbocycles. The molecule has 0 spiro atoms. The van der Waals surface area contributed by atoms with Gasteiger partial charge in [-0.3, -0.25) is 9.59 Å². The normalized spacial score (nSPS) is 15.9. The number of amides is 1. The topological polar surface area (TPSA) is 66.4 Å². The molecule has 0 heterocycles. The van der Waals surface area contributed by atoms with Crippen LogP contribution in [-0.4, -0.2) is 23.5 Å². The molecule has 6 heteroatoms. The van der Waals surface area contributed by atoms with Crippen molar-refractivity contribution < 1.29 is 23.5 Å². The number of nitrogens with one attached hydrogen (secondary N) is 1. The molecule has 1 aromatic rings. The molecule has 0 saturated heterocycles. The van der Waals surface area contributed by atoms with Crippen molar-refractivity contribution in [3.63, 3.8) is 0 Å². The molecule has 0 atom stereocenters. The van der Waals surface area contributed by atoms with Crippen LogP contribution in [0, 0.1) is 24.0 Å². The van der Waals surface area contributed by atoms with Crippen molar-refractivity contribution >= 4 is 11.9 Å². The van der Waals surface area contributed by atoms with Crippen molar-refractivity contribution in [3.05, 3.63) is 34.9 Å². The third kappa shape index (κ3) is 2.57. The van der Waals surface area contributed by atoms with Gasteiger partial charge in [-0.1, -0.05) is 0 Å². The first-order valence-electron chi connectivity index (χ1n) is 5.83. The van der Waals surface area contributed by atoms with Crippen molar-refractivity contribution in [1.29, 1.82) is 0 Å². The average molecular weight is 269 g/mol. The highest BCUT2D eigenvalue weighted by atomic mass is 19.1. The van der Waals surface area contributed by atoms with Gasteiger partial charge in [0.1, 0.15) is 11.6 Å². The average Bonchev–Trinajstić information content (AvgIpc) is 3.12. The highest BCUT2D eigenvalue weighted by molar-refractivity contribution is 5.95. The molecule has 1 amide bonds. The second-order valence-corrected chi connectivity index (χ2v) is 4.85. The number of hydrogen-bond donors (Lipinski definition) is 2. The first-order chi connectivity index (χ1) is 8.85. The summed E-state index contributed by atoms with van der Waals surface area (Å²) in [7, 11) is 0. The predicted octanol–water partition coefficient (Wildman–Crippen LogP) is 1.87. The molecule has 0 bridgehead atoms. The fraction of sp³-hybridized carbons (Fsp3) is 0.385. The summed E-state index contributed by atoms with van der Waals surface area (Å²) in [6, 6.07) is 1.76. The number of aliphatic carboxylic acids is 1. The van der Waals surface area contributed by atoms with Crippen LogP contribution in [0.15, 0.2) is 12.1 Å². The van der Waals surface area contributed by atoms with Gasteiger partial charge in [-0.25, -0.2) is 8.78 Å². The maximum absolute atomic E-state index is 13.5. The molecule has 0 aliphatic heterocycles. The Morgan fingerprint density at radius 2 is 1.95 bits per heavy atom. The quantitative estimate of drug-likeness (QED) is 0.876. The lowest BCUT2D eigenvalue weighted by Gasteiger charge is -2.12. The minimum Gasteiger partial charge on any atom is -0.481 e. The van der Waals surface area contributed by atoms with Crippen LogP contribution in [-0.2, 0) is 4.79 Å². The zero-order chi connectivity index (χ0) is 14.2. The number of carbonyl (C=O) groups is 2. The molecule has 0 unspecified atom stereocenters. The van der Waals surface area contributed by atoms with Crippen LogP contribution in [0.3, 0.4) is 0 Å². The Hall–Kier alpha value is -1.98.